The van der Waals surface area contributed by atoms with E-state index in [1.54, 1.807) is 7.11 Å². The van der Waals surface area contributed by atoms with Gasteiger partial charge in [0, 0.05) is 10.9 Å². The van der Waals surface area contributed by atoms with Crippen LogP contribution in [-0.2, 0) is 13.0 Å². The molecule has 2 rings (SSSR count). The molecular formula is C15H19BrClN3O. The SMILES string of the molecule is CCCCc1nc(Cl)c(CNc2cc(Br)ccc2OC)[nH]1. The topological polar surface area (TPSA) is 49.9 Å². The molecule has 0 bridgehead atoms. The molecule has 6 heteroatoms. The summed E-state index contributed by atoms with van der Waals surface area (Å²) in [6, 6.07) is 5.82. The highest BCUT2D eigenvalue weighted by Gasteiger charge is 2.09. The van der Waals surface area contributed by atoms with Gasteiger partial charge >= 0.3 is 0 Å². The first kappa shape index (κ1) is 16.2. The molecule has 0 saturated carbocycles. The zero-order valence-electron chi connectivity index (χ0n) is 12.2. The Balaban J connectivity index is 2.06. The third-order valence-corrected chi connectivity index (χ3v) is 3.97. The summed E-state index contributed by atoms with van der Waals surface area (Å²) in [6.07, 6.45) is 3.17. The monoisotopic (exact) mass is 371 g/mol. The summed E-state index contributed by atoms with van der Waals surface area (Å²) >= 11 is 9.63. The van der Waals surface area contributed by atoms with E-state index >= 15 is 0 Å². The van der Waals surface area contributed by atoms with E-state index in [4.69, 9.17) is 16.3 Å². The van der Waals surface area contributed by atoms with E-state index in [1.807, 2.05) is 18.2 Å². The van der Waals surface area contributed by atoms with Crippen molar-refractivity contribution in [3.63, 3.8) is 0 Å². The van der Waals surface area contributed by atoms with Crippen molar-refractivity contribution in [2.24, 2.45) is 0 Å². The Morgan fingerprint density at radius 2 is 2.24 bits per heavy atom. The van der Waals surface area contributed by atoms with Gasteiger partial charge in [-0.05, 0) is 24.6 Å². The Morgan fingerprint density at radius 1 is 1.43 bits per heavy atom. The van der Waals surface area contributed by atoms with Gasteiger partial charge in [0.1, 0.15) is 11.6 Å². The molecule has 4 nitrogen and oxygen atoms in total. The normalized spacial score (nSPS) is 10.7. The number of benzene rings is 1. The third kappa shape index (κ3) is 4.38. The summed E-state index contributed by atoms with van der Waals surface area (Å²) in [6.45, 7) is 2.73. The molecule has 0 saturated heterocycles. The molecule has 0 aliphatic rings. The average molecular weight is 373 g/mol. The van der Waals surface area contributed by atoms with Gasteiger partial charge in [0.2, 0.25) is 0 Å². The van der Waals surface area contributed by atoms with Gasteiger partial charge in [0.15, 0.2) is 5.15 Å². The van der Waals surface area contributed by atoms with E-state index < -0.39 is 0 Å². The van der Waals surface area contributed by atoms with E-state index in [2.05, 4.69) is 38.1 Å². The minimum absolute atomic E-state index is 0.530. The van der Waals surface area contributed by atoms with Crippen LogP contribution >= 0.6 is 27.5 Å². The Bertz CT molecular complexity index is 601. The zero-order valence-corrected chi connectivity index (χ0v) is 14.5. The Hall–Kier alpha value is -1.20. The molecule has 21 heavy (non-hydrogen) atoms. The van der Waals surface area contributed by atoms with E-state index in [0.29, 0.717) is 11.7 Å². The van der Waals surface area contributed by atoms with Crippen LogP contribution < -0.4 is 10.1 Å². The van der Waals surface area contributed by atoms with Crippen molar-refractivity contribution < 1.29 is 4.74 Å². The fourth-order valence-electron chi connectivity index (χ4n) is 2.02. The lowest BCUT2D eigenvalue weighted by Crippen LogP contribution is -2.02. The highest BCUT2D eigenvalue weighted by Crippen LogP contribution is 2.28. The molecule has 1 aromatic carbocycles. The van der Waals surface area contributed by atoms with Crippen molar-refractivity contribution in [3.8, 4) is 5.75 Å². The van der Waals surface area contributed by atoms with Crippen LogP contribution in [0, 0.1) is 0 Å². The average Bonchev–Trinajstić information content (AvgIpc) is 2.83. The van der Waals surface area contributed by atoms with Crippen LogP contribution in [0.5, 0.6) is 5.75 Å². The molecule has 114 valence electrons. The summed E-state index contributed by atoms with van der Waals surface area (Å²) < 4.78 is 6.33. The minimum Gasteiger partial charge on any atom is -0.495 e. The number of hydrogen-bond acceptors (Lipinski definition) is 3. The van der Waals surface area contributed by atoms with Gasteiger partial charge in [0.25, 0.3) is 0 Å². The molecule has 2 N–H and O–H groups in total. The van der Waals surface area contributed by atoms with Crippen molar-refractivity contribution in [3.05, 3.63) is 39.3 Å². The molecule has 0 atom stereocenters. The highest BCUT2D eigenvalue weighted by atomic mass is 79.9. The molecule has 1 heterocycles. The van der Waals surface area contributed by atoms with E-state index in [1.165, 1.54) is 0 Å². The Morgan fingerprint density at radius 3 is 2.95 bits per heavy atom. The summed E-state index contributed by atoms with van der Waals surface area (Å²) in [5, 5.41) is 3.85. The number of aromatic nitrogens is 2. The molecule has 0 aliphatic heterocycles. The van der Waals surface area contributed by atoms with Crippen molar-refractivity contribution in [1.82, 2.24) is 9.97 Å². The number of aromatic amines is 1. The summed E-state index contributed by atoms with van der Waals surface area (Å²) in [4.78, 5) is 7.63. The van der Waals surface area contributed by atoms with Crippen LogP contribution in [0.15, 0.2) is 22.7 Å². The quantitative estimate of drug-likeness (QED) is 0.734. The molecular weight excluding hydrogens is 354 g/mol. The van der Waals surface area contributed by atoms with Crippen molar-refractivity contribution >= 4 is 33.2 Å². The van der Waals surface area contributed by atoms with Crippen LogP contribution in [0.25, 0.3) is 0 Å². The fraction of sp³-hybridized carbons (Fsp3) is 0.400. The largest absolute Gasteiger partial charge is 0.495 e. The number of H-pyrrole nitrogens is 1. The number of hydrogen-bond donors (Lipinski definition) is 2. The number of aryl methyl sites for hydroxylation is 1. The summed E-state index contributed by atoms with van der Waals surface area (Å²) in [5.74, 6) is 1.74. The van der Waals surface area contributed by atoms with Crippen LogP contribution in [0.4, 0.5) is 5.69 Å². The maximum absolute atomic E-state index is 6.17. The Labute approximate surface area is 138 Å². The number of rotatable bonds is 7. The minimum atomic E-state index is 0.530. The smallest absolute Gasteiger partial charge is 0.152 e. The van der Waals surface area contributed by atoms with E-state index in [9.17, 15) is 0 Å². The number of unbranched alkanes of at least 4 members (excludes halogenated alkanes) is 1. The molecule has 0 radical (unpaired) electrons. The second kappa shape index (κ2) is 7.71. The van der Waals surface area contributed by atoms with Crippen molar-refractivity contribution in [2.45, 2.75) is 32.7 Å². The number of anilines is 1. The van der Waals surface area contributed by atoms with Gasteiger partial charge in [-0.3, -0.25) is 0 Å². The maximum Gasteiger partial charge on any atom is 0.152 e. The van der Waals surface area contributed by atoms with E-state index in [0.717, 1.165) is 46.7 Å². The molecule has 2 aromatic rings. The number of imidazole rings is 1. The first-order valence-corrected chi connectivity index (χ1v) is 8.11. The first-order chi connectivity index (χ1) is 10.1. The number of nitrogens with one attached hydrogen (secondary N) is 2. The fourth-order valence-corrected chi connectivity index (χ4v) is 2.60. The van der Waals surface area contributed by atoms with Gasteiger partial charge < -0.3 is 15.0 Å². The summed E-state index contributed by atoms with van der Waals surface area (Å²) in [7, 11) is 1.65. The lowest BCUT2D eigenvalue weighted by molar-refractivity contribution is 0.416. The second-order valence-electron chi connectivity index (χ2n) is 4.75. The highest BCUT2D eigenvalue weighted by molar-refractivity contribution is 9.10. The van der Waals surface area contributed by atoms with Gasteiger partial charge in [-0.1, -0.05) is 40.9 Å². The van der Waals surface area contributed by atoms with Gasteiger partial charge in [0.05, 0.1) is 25.0 Å². The van der Waals surface area contributed by atoms with Crippen LogP contribution in [0.2, 0.25) is 5.15 Å². The number of nitrogens with zero attached hydrogens (tertiary/aromatic N) is 1. The van der Waals surface area contributed by atoms with Crippen molar-refractivity contribution in [2.75, 3.05) is 12.4 Å². The van der Waals surface area contributed by atoms with Crippen LogP contribution in [0.1, 0.15) is 31.3 Å². The predicted molar refractivity (Wildman–Crippen MR) is 90.2 cm³/mol. The lowest BCUT2D eigenvalue weighted by atomic mass is 10.2. The zero-order chi connectivity index (χ0) is 15.2. The molecule has 0 fully saturated rings. The Kier molecular flexibility index (Phi) is 5.94. The second-order valence-corrected chi connectivity index (χ2v) is 6.03. The first-order valence-electron chi connectivity index (χ1n) is 6.94. The van der Waals surface area contributed by atoms with Crippen LogP contribution in [0.3, 0.4) is 0 Å². The summed E-state index contributed by atoms with van der Waals surface area (Å²) in [5.41, 5.74) is 1.80. The number of methoxy groups -OCH3 is 1. The molecule has 0 spiro atoms. The predicted octanol–water partition coefficient (Wildman–Crippen LogP) is 4.79. The number of halogens is 2. The standard InChI is InChI=1S/C15H19BrClN3O/c1-3-4-5-14-19-12(15(17)20-14)9-18-11-8-10(16)6-7-13(11)21-2/h6-8,18H,3-5,9H2,1-2H3,(H,19,20). The molecule has 1 aromatic heterocycles. The van der Waals surface area contributed by atoms with Gasteiger partial charge in [-0.25, -0.2) is 4.98 Å². The van der Waals surface area contributed by atoms with E-state index in [-0.39, 0.29) is 0 Å². The third-order valence-electron chi connectivity index (χ3n) is 3.16. The van der Waals surface area contributed by atoms with Crippen molar-refractivity contribution in [1.29, 1.82) is 0 Å². The lowest BCUT2D eigenvalue weighted by Gasteiger charge is -2.11. The molecule has 0 unspecified atom stereocenters. The van der Waals surface area contributed by atoms with Gasteiger partial charge in [-0.2, -0.15) is 0 Å². The van der Waals surface area contributed by atoms with Gasteiger partial charge in [-0.15, -0.1) is 0 Å². The number of ether oxygens (including phenoxy) is 1. The molecule has 0 aliphatic carbocycles. The maximum atomic E-state index is 6.17. The molecule has 0 amide bonds. The van der Waals surface area contributed by atoms with Crippen LogP contribution in [-0.4, -0.2) is 17.1 Å².